The van der Waals surface area contributed by atoms with Crippen LogP contribution in [-0.2, 0) is 6.54 Å². The second kappa shape index (κ2) is 15.4. The number of ether oxygens (including phenoxy) is 1. The Morgan fingerprint density at radius 1 is 0.911 bits per heavy atom. The van der Waals surface area contributed by atoms with E-state index in [9.17, 15) is 18.4 Å². The number of rotatable bonds is 10. The summed E-state index contributed by atoms with van der Waals surface area (Å²) in [5, 5.41) is 8.73. The van der Waals surface area contributed by atoms with Gasteiger partial charge in [0, 0.05) is 61.3 Å². The number of hydrogen-bond acceptors (Lipinski definition) is 6. The summed E-state index contributed by atoms with van der Waals surface area (Å²) < 4.78 is 34.9. The van der Waals surface area contributed by atoms with Crippen molar-refractivity contribution in [3.8, 4) is 16.9 Å². The first kappa shape index (κ1) is 33.1. The van der Waals surface area contributed by atoms with Crippen molar-refractivity contribution in [2.24, 2.45) is 0 Å². The molecule has 1 saturated heterocycles. The molecule has 3 N–H and O–H groups in total. The van der Waals surface area contributed by atoms with Gasteiger partial charge in [-0.2, -0.15) is 8.78 Å². The molecule has 1 heterocycles. The third-order valence-corrected chi connectivity index (χ3v) is 9.09. The first-order valence-corrected chi connectivity index (χ1v) is 17.0. The Balaban J connectivity index is 1.23. The molecular formula is C33H40F2N5O3PS. The van der Waals surface area contributed by atoms with Gasteiger partial charge in [-0.25, -0.2) is 9.10 Å². The van der Waals surface area contributed by atoms with Crippen LogP contribution in [0.2, 0.25) is 0 Å². The molecule has 0 spiro atoms. The van der Waals surface area contributed by atoms with Gasteiger partial charge in [-0.05, 0) is 81.9 Å². The lowest BCUT2D eigenvalue weighted by Gasteiger charge is -2.33. The fraction of sp³-hybridized carbons (Fsp3) is 0.394. The molecule has 2 fully saturated rings. The molecule has 1 saturated carbocycles. The second-order valence-electron chi connectivity index (χ2n) is 11.4. The van der Waals surface area contributed by atoms with Crippen molar-refractivity contribution in [3.63, 3.8) is 0 Å². The highest BCUT2D eigenvalue weighted by atomic mass is 32.2. The second-order valence-corrected chi connectivity index (χ2v) is 13.0. The maximum Gasteiger partial charge on any atom is 0.408 e. The molecule has 5 rings (SSSR count). The quantitative estimate of drug-likeness (QED) is 0.158. The zero-order chi connectivity index (χ0) is 31.8. The molecule has 8 nitrogen and oxygen atoms in total. The van der Waals surface area contributed by atoms with Crippen LogP contribution in [0.3, 0.4) is 0 Å². The van der Waals surface area contributed by atoms with Gasteiger partial charge in [-0.3, -0.25) is 9.69 Å². The van der Waals surface area contributed by atoms with Crippen LogP contribution in [0, 0.1) is 0 Å². The van der Waals surface area contributed by atoms with E-state index >= 15 is 0 Å². The van der Waals surface area contributed by atoms with E-state index in [1.54, 1.807) is 42.3 Å². The third-order valence-electron chi connectivity index (χ3n) is 8.09. The van der Waals surface area contributed by atoms with Crippen LogP contribution < -0.4 is 20.7 Å². The van der Waals surface area contributed by atoms with E-state index in [0.29, 0.717) is 28.1 Å². The summed E-state index contributed by atoms with van der Waals surface area (Å²) in [7, 11) is 1.37. The van der Waals surface area contributed by atoms with Crippen molar-refractivity contribution in [3.05, 3.63) is 77.9 Å². The maximum atomic E-state index is 13.8. The highest BCUT2D eigenvalue weighted by Gasteiger charge is 2.26. The van der Waals surface area contributed by atoms with Gasteiger partial charge in [0.1, 0.15) is 5.75 Å². The number of halogens is 2. The number of nitrogens with zero attached hydrogens (tertiary/aromatic N) is 2. The predicted molar refractivity (Wildman–Crippen MR) is 181 cm³/mol. The van der Waals surface area contributed by atoms with Crippen LogP contribution in [0.4, 0.5) is 25.0 Å². The van der Waals surface area contributed by atoms with Crippen molar-refractivity contribution < 1.29 is 23.1 Å². The average molecular weight is 656 g/mol. The normalized spacial score (nSPS) is 16.6. The lowest BCUT2D eigenvalue weighted by atomic mass is 9.96. The van der Waals surface area contributed by atoms with E-state index in [0.717, 1.165) is 58.4 Å². The zero-order valence-electron chi connectivity index (χ0n) is 25.4. The lowest BCUT2D eigenvalue weighted by Crippen LogP contribution is -2.42. The lowest BCUT2D eigenvalue weighted by molar-refractivity contribution is -0.0888. The van der Waals surface area contributed by atoms with Crippen LogP contribution in [0.5, 0.6) is 5.75 Å². The molecule has 0 bridgehead atoms. The van der Waals surface area contributed by atoms with E-state index in [1.165, 1.54) is 33.4 Å². The fourth-order valence-corrected chi connectivity index (χ4v) is 6.35. The van der Waals surface area contributed by atoms with Gasteiger partial charge >= 0.3 is 11.9 Å². The zero-order valence-corrected chi connectivity index (χ0v) is 27.3. The fourth-order valence-electron chi connectivity index (χ4n) is 5.69. The van der Waals surface area contributed by atoms with Crippen LogP contribution >= 0.6 is 21.2 Å². The summed E-state index contributed by atoms with van der Waals surface area (Å²) >= 11 is 1.79. The van der Waals surface area contributed by atoms with Crippen LogP contribution in [0.25, 0.3) is 11.1 Å². The molecule has 1 aliphatic heterocycles. The molecular weight excluding hydrogens is 615 g/mol. The number of piperazine rings is 1. The third kappa shape index (κ3) is 9.87. The highest BCUT2D eigenvalue weighted by molar-refractivity contribution is 7.96. The molecule has 1 unspecified atom stereocenters. The van der Waals surface area contributed by atoms with Crippen molar-refractivity contribution in [1.82, 2.24) is 14.5 Å². The summed E-state index contributed by atoms with van der Waals surface area (Å²) in [6.45, 7) is 5.02. The molecule has 2 aliphatic rings. The van der Waals surface area contributed by atoms with E-state index in [1.807, 2.05) is 24.3 Å². The minimum atomic E-state index is -3.49. The van der Waals surface area contributed by atoms with Gasteiger partial charge in [0.15, 0.2) is 0 Å². The number of urea groups is 1. The number of carbonyl (C=O) groups excluding carboxylic acids is 2. The minimum absolute atomic E-state index is 0.0586. The van der Waals surface area contributed by atoms with Crippen molar-refractivity contribution in [2.45, 2.75) is 50.5 Å². The standard InChI is InChI=1S/C33H40F2N5O3PS/c1-45-40-19-17-39(18-20-40)22-23-7-13-27(14-8-23)36-31(41)25-11-9-24(10-12-25)29-21-28(15-16-30(29)43-33(34,35)44)38-32(42)37-26-5-3-2-4-6-26/h7-16,21,26H,2-6,17-20,22,44H2,1H3,(H,36,41)(H2,37,38,42). The molecule has 3 amide bonds. The van der Waals surface area contributed by atoms with Crippen molar-refractivity contribution in [1.29, 1.82) is 0 Å². The number of amides is 3. The predicted octanol–water partition coefficient (Wildman–Crippen LogP) is 7.26. The van der Waals surface area contributed by atoms with Crippen LogP contribution in [-0.4, -0.2) is 65.5 Å². The van der Waals surface area contributed by atoms with E-state index in [-0.39, 0.29) is 23.7 Å². The smallest absolute Gasteiger partial charge is 0.408 e. The van der Waals surface area contributed by atoms with Gasteiger partial charge in [0.25, 0.3) is 5.91 Å². The Labute approximate surface area is 270 Å². The van der Waals surface area contributed by atoms with Gasteiger partial charge in [-0.1, -0.05) is 55.5 Å². The maximum absolute atomic E-state index is 13.8. The SMILES string of the molecule is CSN1CCN(Cc2ccc(NC(=O)c3ccc(-c4cc(NC(=O)NC5CCCCC5)ccc4OC(F)(F)P)cc3)cc2)CC1. The molecule has 45 heavy (non-hydrogen) atoms. The number of carbonyl (C=O) groups is 2. The Bertz CT molecular complexity index is 1440. The number of alkyl halides is 2. The summed E-state index contributed by atoms with van der Waals surface area (Å²) in [6, 6.07) is 18.7. The molecule has 12 heteroatoms. The summed E-state index contributed by atoms with van der Waals surface area (Å²) in [5.41, 5.74) is 3.62. The monoisotopic (exact) mass is 655 g/mol. The summed E-state index contributed by atoms with van der Waals surface area (Å²) in [6.07, 6.45) is 7.33. The number of benzene rings is 3. The Morgan fingerprint density at radius 3 is 2.22 bits per heavy atom. The van der Waals surface area contributed by atoms with E-state index < -0.39 is 5.85 Å². The number of nitrogens with one attached hydrogen (secondary N) is 3. The average Bonchev–Trinajstić information content (AvgIpc) is 3.03. The minimum Gasteiger partial charge on any atom is -0.429 e. The van der Waals surface area contributed by atoms with Crippen molar-refractivity contribution >= 4 is 44.5 Å². The van der Waals surface area contributed by atoms with E-state index in [2.05, 4.69) is 31.4 Å². The molecule has 1 atom stereocenters. The van der Waals surface area contributed by atoms with Gasteiger partial charge in [0.05, 0.1) is 0 Å². The molecule has 3 aromatic carbocycles. The Morgan fingerprint density at radius 2 is 1.58 bits per heavy atom. The largest absolute Gasteiger partial charge is 0.429 e. The highest BCUT2D eigenvalue weighted by Crippen LogP contribution is 2.37. The molecule has 0 radical (unpaired) electrons. The Hall–Kier alpha value is -3.24. The van der Waals surface area contributed by atoms with Crippen molar-refractivity contribution in [2.75, 3.05) is 43.1 Å². The topological polar surface area (TPSA) is 85.9 Å². The first-order chi connectivity index (χ1) is 21.6. The summed E-state index contributed by atoms with van der Waals surface area (Å²) in [4.78, 5) is 28.1. The molecule has 0 aromatic heterocycles. The van der Waals surface area contributed by atoms with Gasteiger partial charge in [0.2, 0.25) is 0 Å². The van der Waals surface area contributed by atoms with E-state index in [4.69, 9.17) is 4.74 Å². The molecule has 240 valence electrons. The number of anilines is 2. The summed E-state index contributed by atoms with van der Waals surface area (Å²) in [5.74, 6) is -3.83. The van der Waals surface area contributed by atoms with Crippen LogP contribution in [0.1, 0.15) is 48.0 Å². The molecule has 1 aliphatic carbocycles. The van der Waals surface area contributed by atoms with Gasteiger partial charge in [-0.15, -0.1) is 0 Å². The first-order valence-electron chi connectivity index (χ1n) is 15.2. The van der Waals surface area contributed by atoms with Crippen LogP contribution in [0.15, 0.2) is 66.7 Å². The number of hydrogen-bond donors (Lipinski definition) is 3. The van der Waals surface area contributed by atoms with Gasteiger partial charge < -0.3 is 20.7 Å². The Kier molecular flexibility index (Phi) is 11.3. The molecule has 3 aromatic rings.